The lowest BCUT2D eigenvalue weighted by Crippen LogP contribution is -2.19. The molecule has 2 aromatic carbocycles. The number of carbonyl (C=O) groups is 2. The molecule has 0 radical (unpaired) electrons. The molecule has 31 heavy (non-hydrogen) atoms. The van der Waals surface area contributed by atoms with Crippen molar-refractivity contribution in [2.75, 3.05) is 12.9 Å². The number of thioether (sulfide) groups is 2. The largest absolute Gasteiger partial charge is 0.465 e. The van der Waals surface area contributed by atoms with Gasteiger partial charge in [-0.25, -0.2) is 10.2 Å². The van der Waals surface area contributed by atoms with Crippen molar-refractivity contribution in [3.63, 3.8) is 0 Å². The second kappa shape index (κ2) is 11.8. The lowest BCUT2D eigenvalue weighted by molar-refractivity contribution is -0.118. The molecular formula is C20H17ClN4O3S3. The van der Waals surface area contributed by atoms with Crippen LogP contribution in [0.2, 0.25) is 5.02 Å². The molecule has 0 spiro atoms. The third kappa shape index (κ3) is 7.35. The van der Waals surface area contributed by atoms with Gasteiger partial charge < -0.3 is 4.74 Å². The van der Waals surface area contributed by atoms with E-state index in [4.69, 9.17) is 11.6 Å². The Morgan fingerprint density at radius 2 is 1.84 bits per heavy atom. The first-order chi connectivity index (χ1) is 15.0. The number of esters is 1. The van der Waals surface area contributed by atoms with E-state index in [1.165, 1.54) is 36.4 Å². The second-order valence-corrected chi connectivity index (χ2v) is 9.74. The van der Waals surface area contributed by atoms with Crippen LogP contribution < -0.4 is 5.43 Å². The Balaban J connectivity index is 1.41. The molecule has 1 aromatic heterocycles. The van der Waals surface area contributed by atoms with Gasteiger partial charge in [0.25, 0.3) is 5.91 Å². The van der Waals surface area contributed by atoms with Crippen LogP contribution in [0.3, 0.4) is 0 Å². The molecule has 0 bridgehead atoms. The van der Waals surface area contributed by atoms with Gasteiger partial charge >= 0.3 is 5.97 Å². The first-order valence-electron chi connectivity index (χ1n) is 8.88. The number of nitrogens with one attached hydrogen (secondary N) is 1. The molecule has 0 atom stereocenters. The fraction of sp³-hybridized carbons (Fsp3) is 0.150. The molecule has 7 nitrogen and oxygen atoms in total. The predicted molar refractivity (Wildman–Crippen MR) is 125 cm³/mol. The third-order valence-corrected chi connectivity index (χ3v) is 7.37. The summed E-state index contributed by atoms with van der Waals surface area (Å²) in [7, 11) is 1.33. The van der Waals surface area contributed by atoms with E-state index in [1.54, 1.807) is 36.0 Å². The average Bonchev–Trinajstić information content (AvgIpc) is 3.25. The predicted octanol–water partition coefficient (Wildman–Crippen LogP) is 4.51. The minimum atomic E-state index is -0.407. The topological polar surface area (TPSA) is 93.5 Å². The van der Waals surface area contributed by atoms with Crippen molar-refractivity contribution in [1.82, 2.24) is 15.6 Å². The maximum Gasteiger partial charge on any atom is 0.337 e. The second-order valence-electron chi connectivity index (χ2n) is 5.91. The van der Waals surface area contributed by atoms with E-state index in [2.05, 4.69) is 25.5 Å². The summed E-state index contributed by atoms with van der Waals surface area (Å²) >= 11 is 10.4. The molecule has 1 heterocycles. The molecule has 160 valence electrons. The van der Waals surface area contributed by atoms with Gasteiger partial charge in [0.05, 0.1) is 24.6 Å². The van der Waals surface area contributed by atoms with Gasteiger partial charge in [0.1, 0.15) is 0 Å². The number of amides is 1. The Morgan fingerprint density at radius 1 is 1.13 bits per heavy atom. The number of carbonyl (C=O) groups excluding carboxylic acids is 2. The van der Waals surface area contributed by atoms with E-state index < -0.39 is 5.97 Å². The van der Waals surface area contributed by atoms with Crippen LogP contribution in [-0.2, 0) is 15.3 Å². The monoisotopic (exact) mass is 492 g/mol. The number of hydrazone groups is 1. The number of methoxy groups -OCH3 is 1. The molecule has 1 amide bonds. The van der Waals surface area contributed by atoms with E-state index >= 15 is 0 Å². The number of halogens is 1. The number of ether oxygens (including phenoxy) is 1. The van der Waals surface area contributed by atoms with Gasteiger partial charge in [0, 0.05) is 10.8 Å². The Kier molecular flexibility index (Phi) is 8.89. The highest BCUT2D eigenvalue weighted by Crippen LogP contribution is 2.32. The number of benzene rings is 2. The van der Waals surface area contributed by atoms with Crippen molar-refractivity contribution in [3.8, 4) is 0 Å². The molecule has 0 saturated heterocycles. The SMILES string of the molecule is COC(=O)c1ccc(/C=N/NC(=O)CSc2nnc(SCc3ccccc3Cl)s2)cc1. The number of rotatable bonds is 9. The minimum Gasteiger partial charge on any atom is -0.465 e. The van der Waals surface area contributed by atoms with Crippen LogP contribution in [0, 0.1) is 0 Å². The normalized spacial score (nSPS) is 10.9. The van der Waals surface area contributed by atoms with Crippen LogP contribution in [-0.4, -0.2) is 41.2 Å². The van der Waals surface area contributed by atoms with Gasteiger partial charge in [-0.15, -0.1) is 10.2 Å². The minimum absolute atomic E-state index is 0.169. The number of hydrogen-bond acceptors (Lipinski definition) is 9. The fourth-order valence-corrected chi connectivity index (χ4v) is 5.33. The Bertz CT molecular complexity index is 1070. The molecule has 11 heteroatoms. The maximum atomic E-state index is 12.0. The summed E-state index contributed by atoms with van der Waals surface area (Å²) in [6.07, 6.45) is 1.50. The van der Waals surface area contributed by atoms with Gasteiger partial charge in [-0.05, 0) is 29.3 Å². The van der Waals surface area contributed by atoms with Gasteiger partial charge in [-0.3, -0.25) is 4.79 Å². The zero-order valence-corrected chi connectivity index (χ0v) is 19.5. The lowest BCUT2D eigenvalue weighted by atomic mass is 10.1. The van der Waals surface area contributed by atoms with Crippen LogP contribution in [0.5, 0.6) is 0 Å². The van der Waals surface area contributed by atoms with E-state index in [0.29, 0.717) is 15.7 Å². The van der Waals surface area contributed by atoms with Crippen LogP contribution in [0.15, 0.2) is 62.3 Å². The van der Waals surface area contributed by atoms with Crippen molar-refractivity contribution in [3.05, 3.63) is 70.2 Å². The zero-order valence-electron chi connectivity index (χ0n) is 16.3. The molecule has 3 rings (SSSR count). The smallest absolute Gasteiger partial charge is 0.337 e. The molecule has 0 aliphatic rings. The quantitative estimate of drug-likeness (QED) is 0.203. The summed E-state index contributed by atoms with van der Waals surface area (Å²) in [6.45, 7) is 0. The maximum absolute atomic E-state index is 12.0. The van der Waals surface area contributed by atoms with Crippen molar-refractivity contribution in [1.29, 1.82) is 0 Å². The summed E-state index contributed by atoms with van der Waals surface area (Å²) in [4.78, 5) is 23.4. The third-order valence-electron chi connectivity index (χ3n) is 3.76. The molecule has 0 aliphatic heterocycles. The summed E-state index contributed by atoms with van der Waals surface area (Å²) in [5.41, 5.74) is 4.69. The first kappa shape index (κ1) is 23.3. The van der Waals surface area contributed by atoms with Crippen molar-refractivity contribution >= 4 is 64.6 Å². The van der Waals surface area contributed by atoms with Gasteiger partial charge in [0.2, 0.25) is 0 Å². The van der Waals surface area contributed by atoms with Crippen LogP contribution in [0.4, 0.5) is 0 Å². The first-order valence-corrected chi connectivity index (χ1v) is 12.0. The highest BCUT2D eigenvalue weighted by atomic mass is 35.5. The van der Waals surface area contributed by atoms with E-state index in [-0.39, 0.29) is 11.7 Å². The van der Waals surface area contributed by atoms with Crippen LogP contribution in [0.1, 0.15) is 21.5 Å². The van der Waals surface area contributed by atoms with Gasteiger partial charge in [0.15, 0.2) is 8.68 Å². The zero-order chi connectivity index (χ0) is 22.1. The Morgan fingerprint density at radius 3 is 2.55 bits per heavy atom. The summed E-state index contributed by atoms with van der Waals surface area (Å²) < 4.78 is 6.17. The van der Waals surface area contributed by atoms with E-state index in [0.717, 1.165) is 20.5 Å². The highest BCUT2D eigenvalue weighted by molar-refractivity contribution is 8.03. The standard InChI is InChI=1S/C20H17ClN4O3S3/c1-28-18(27)14-8-6-13(7-9-14)10-22-23-17(26)12-30-20-25-24-19(31-20)29-11-15-4-2-3-5-16(15)21/h2-10H,11-12H2,1H3,(H,23,26)/b22-10+. The summed E-state index contributed by atoms with van der Waals surface area (Å²) in [6, 6.07) is 14.3. The fourth-order valence-electron chi connectivity index (χ4n) is 2.23. The Labute approximate surface area is 196 Å². The molecule has 1 N–H and O–H groups in total. The molecule has 0 unspecified atom stereocenters. The Hall–Kier alpha value is -2.40. The van der Waals surface area contributed by atoms with Crippen molar-refractivity contribution < 1.29 is 14.3 Å². The number of hydrogen-bond donors (Lipinski definition) is 1. The van der Waals surface area contributed by atoms with E-state index in [9.17, 15) is 9.59 Å². The number of aromatic nitrogens is 2. The average molecular weight is 493 g/mol. The van der Waals surface area contributed by atoms with Crippen LogP contribution >= 0.6 is 46.5 Å². The number of nitrogens with zero attached hydrogens (tertiary/aromatic N) is 3. The summed E-state index contributed by atoms with van der Waals surface area (Å²) in [5.74, 6) is 0.209. The van der Waals surface area contributed by atoms with E-state index in [1.807, 2.05) is 24.3 Å². The highest BCUT2D eigenvalue weighted by Gasteiger charge is 2.09. The van der Waals surface area contributed by atoms with Crippen molar-refractivity contribution in [2.45, 2.75) is 14.4 Å². The van der Waals surface area contributed by atoms with Gasteiger partial charge in [-0.1, -0.05) is 76.8 Å². The molecule has 3 aromatic rings. The molecular weight excluding hydrogens is 476 g/mol. The van der Waals surface area contributed by atoms with Crippen molar-refractivity contribution in [2.24, 2.45) is 5.10 Å². The molecule has 0 saturated carbocycles. The summed E-state index contributed by atoms with van der Waals surface area (Å²) in [5, 5.41) is 12.9. The molecule has 0 aliphatic carbocycles. The molecule has 0 fully saturated rings. The van der Waals surface area contributed by atoms with Crippen LogP contribution in [0.25, 0.3) is 0 Å². The van der Waals surface area contributed by atoms with Gasteiger partial charge in [-0.2, -0.15) is 5.10 Å². The lowest BCUT2D eigenvalue weighted by Gasteiger charge is -2.00.